The minimum atomic E-state index is -1.18. The Kier molecular flexibility index (Phi) is 3.39. The lowest BCUT2D eigenvalue weighted by atomic mass is 9.99. The zero-order chi connectivity index (χ0) is 15.0. The Balaban J connectivity index is 2.07. The van der Waals surface area contributed by atoms with Crippen molar-refractivity contribution in [2.75, 3.05) is 0 Å². The molecule has 2 nitrogen and oxygen atoms in total. The molecule has 1 heterocycles. The zero-order valence-corrected chi connectivity index (χ0v) is 11.3. The molecule has 0 radical (unpaired) electrons. The fraction of sp³-hybridized carbons (Fsp3) is 0.118. The lowest BCUT2D eigenvalue weighted by molar-refractivity contribution is 0.214. The van der Waals surface area contributed by atoms with Crippen LogP contribution in [0, 0.1) is 18.6 Å². The van der Waals surface area contributed by atoms with E-state index in [-0.39, 0.29) is 5.56 Å². The Hall–Kier alpha value is -2.33. The molecule has 0 spiro atoms. The van der Waals surface area contributed by atoms with Crippen LogP contribution >= 0.6 is 0 Å². The smallest absolute Gasteiger partial charge is 0.132 e. The Bertz CT molecular complexity index is 817. The number of rotatable bonds is 2. The minimum Gasteiger partial charge on any atom is -0.383 e. The molecule has 106 valence electrons. The van der Waals surface area contributed by atoms with Crippen LogP contribution in [0.25, 0.3) is 10.9 Å². The zero-order valence-electron chi connectivity index (χ0n) is 11.3. The second-order valence-electron chi connectivity index (χ2n) is 4.99. The number of para-hydroxylation sites is 1. The normalized spacial score (nSPS) is 12.6. The summed E-state index contributed by atoms with van der Waals surface area (Å²) in [6.45, 7) is 1.53. The number of aliphatic hydroxyl groups is 1. The number of nitrogens with zero attached hydrogens (tertiary/aromatic N) is 1. The Labute approximate surface area is 120 Å². The lowest BCUT2D eigenvalue weighted by Crippen LogP contribution is -2.05. The van der Waals surface area contributed by atoms with E-state index < -0.39 is 17.7 Å². The van der Waals surface area contributed by atoms with E-state index in [9.17, 15) is 13.9 Å². The van der Waals surface area contributed by atoms with Crippen molar-refractivity contribution in [3.63, 3.8) is 0 Å². The third-order valence-corrected chi connectivity index (χ3v) is 3.50. The van der Waals surface area contributed by atoms with Gasteiger partial charge in [-0.15, -0.1) is 0 Å². The summed E-state index contributed by atoms with van der Waals surface area (Å²) in [7, 11) is 0. The number of aryl methyl sites for hydroxylation is 1. The number of aliphatic hydroxyl groups excluding tert-OH is 1. The molecule has 21 heavy (non-hydrogen) atoms. The van der Waals surface area contributed by atoms with Gasteiger partial charge in [0.2, 0.25) is 0 Å². The summed E-state index contributed by atoms with van der Waals surface area (Å²) in [4.78, 5) is 4.24. The summed E-state index contributed by atoms with van der Waals surface area (Å²) in [5.41, 5.74) is 1.60. The molecule has 3 rings (SSSR count). The average molecular weight is 285 g/mol. The molecule has 3 aromatic rings. The van der Waals surface area contributed by atoms with Gasteiger partial charge in [-0.2, -0.15) is 0 Å². The fourth-order valence-electron chi connectivity index (χ4n) is 2.31. The van der Waals surface area contributed by atoms with Gasteiger partial charge in [-0.1, -0.05) is 18.2 Å². The molecule has 0 aliphatic rings. The monoisotopic (exact) mass is 285 g/mol. The van der Waals surface area contributed by atoms with Gasteiger partial charge in [0, 0.05) is 28.8 Å². The standard InChI is InChI=1S/C17H13F2NO/c1-10-6-13(15(19)8-14(10)18)17(21)12-7-11-4-2-3-5-16(11)20-9-12/h2-9,17,21H,1H3. The molecule has 4 heteroatoms. The second kappa shape index (κ2) is 5.22. The van der Waals surface area contributed by atoms with Crippen molar-refractivity contribution in [1.82, 2.24) is 4.98 Å². The molecular weight excluding hydrogens is 272 g/mol. The van der Waals surface area contributed by atoms with Gasteiger partial charge in [0.15, 0.2) is 0 Å². The molecule has 0 aliphatic heterocycles. The average Bonchev–Trinajstić information content (AvgIpc) is 2.50. The van der Waals surface area contributed by atoms with Gasteiger partial charge in [0.05, 0.1) is 5.52 Å². The van der Waals surface area contributed by atoms with Gasteiger partial charge in [0.1, 0.15) is 17.7 Å². The van der Waals surface area contributed by atoms with E-state index in [1.165, 1.54) is 19.2 Å². The molecule has 0 saturated heterocycles. The third kappa shape index (κ3) is 2.50. The van der Waals surface area contributed by atoms with Crippen LogP contribution in [0.4, 0.5) is 8.78 Å². The van der Waals surface area contributed by atoms with E-state index in [0.717, 1.165) is 17.0 Å². The van der Waals surface area contributed by atoms with Crippen molar-refractivity contribution >= 4 is 10.9 Å². The number of halogens is 2. The SMILES string of the molecule is Cc1cc(C(O)c2cnc3ccccc3c2)c(F)cc1F. The van der Waals surface area contributed by atoms with Crippen molar-refractivity contribution < 1.29 is 13.9 Å². The minimum absolute atomic E-state index is 0.0472. The maximum absolute atomic E-state index is 13.9. The van der Waals surface area contributed by atoms with E-state index in [4.69, 9.17) is 0 Å². The molecule has 0 aliphatic carbocycles. The third-order valence-electron chi connectivity index (χ3n) is 3.50. The van der Waals surface area contributed by atoms with Crippen LogP contribution in [-0.2, 0) is 0 Å². The highest BCUT2D eigenvalue weighted by molar-refractivity contribution is 5.78. The number of benzene rings is 2. The fourth-order valence-corrected chi connectivity index (χ4v) is 2.31. The van der Waals surface area contributed by atoms with Gasteiger partial charge in [-0.05, 0) is 30.7 Å². The Morgan fingerprint density at radius 3 is 2.62 bits per heavy atom. The van der Waals surface area contributed by atoms with Crippen LogP contribution in [0.5, 0.6) is 0 Å². The van der Waals surface area contributed by atoms with E-state index in [0.29, 0.717) is 11.1 Å². The first-order valence-corrected chi connectivity index (χ1v) is 6.54. The molecule has 0 bridgehead atoms. The van der Waals surface area contributed by atoms with Crippen LogP contribution in [0.1, 0.15) is 22.8 Å². The summed E-state index contributed by atoms with van der Waals surface area (Å²) < 4.78 is 27.2. The topological polar surface area (TPSA) is 33.1 Å². The van der Waals surface area contributed by atoms with Crippen molar-refractivity contribution in [2.45, 2.75) is 13.0 Å². The molecule has 0 amide bonds. The molecule has 1 atom stereocenters. The summed E-state index contributed by atoms with van der Waals surface area (Å²) >= 11 is 0. The highest BCUT2D eigenvalue weighted by Gasteiger charge is 2.17. The number of aromatic nitrogens is 1. The van der Waals surface area contributed by atoms with Crippen molar-refractivity contribution in [2.24, 2.45) is 0 Å². The number of hydrogen-bond acceptors (Lipinski definition) is 2. The maximum Gasteiger partial charge on any atom is 0.132 e. The quantitative estimate of drug-likeness (QED) is 0.774. The first kappa shape index (κ1) is 13.6. The summed E-state index contributed by atoms with van der Waals surface area (Å²) in [6, 6.07) is 11.3. The van der Waals surface area contributed by atoms with Crippen LogP contribution < -0.4 is 0 Å². The summed E-state index contributed by atoms with van der Waals surface area (Å²) in [6.07, 6.45) is 0.326. The van der Waals surface area contributed by atoms with Gasteiger partial charge in [0.25, 0.3) is 0 Å². The predicted molar refractivity (Wildman–Crippen MR) is 76.9 cm³/mol. The van der Waals surface area contributed by atoms with Crippen molar-refractivity contribution in [3.8, 4) is 0 Å². The molecular formula is C17H13F2NO. The predicted octanol–water partition coefficient (Wildman–Crippen LogP) is 3.90. The number of fused-ring (bicyclic) bond motifs is 1. The lowest BCUT2D eigenvalue weighted by Gasteiger charge is -2.14. The highest BCUT2D eigenvalue weighted by atomic mass is 19.1. The van der Waals surface area contributed by atoms with Crippen molar-refractivity contribution in [1.29, 1.82) is 0 Å². The van der Waals surface area contributed by atoms with E-state index >= 15 is 0 Å². The number of pyridine rings is 1. The molecule has 0 saturated carbocycles. The molecule has 1 unspecified atom stereocenters. The van der Waals surface area contributed by atoms with Gasteiger partial charge in [-0.3, -0.25) is 4.98 Å². The van der Waals surface area contributed by atoms with Gasteiger partial charge >= 0.3 is 0 Å². The molecule has 2 aromatic carbocycles. The van der Waals surface area contributed by atoms with Crippen molar-refractivity contribution in [3.05, 3.63) is 77.0 Å². The highest BCUT2D eigenvalue weighted by Crippen LogP contribution is 2.27. The first-order valence-electron chi connectivity index (χ1n) is 6.54. The largest absolute Gasteiger partial charge is 0.383 e. The first-order chi connectivity index (χ1) is 10.1. The summed E-state index contributed by atoms with van der Waals surface area (Å²) in [5.74, 6) is -1.39. The van der Waals surface area contributed by atoms with Crippen LogP contribution in [-0.4, -0.2) is 10.1 Å². The number of hydrogen-bond donors (Lipinski definition) is 1. The Morgan fingerprint density at radius 1 is 1.05 bits per heavy atom. The van der Waals surface area contributed by atoms with Gasteiger partial charge in [-0.25, -0.2) is 8.78 Å². The van der Waals surface area contributed by atoms with E-state index in [1.807, 2.05) is 24.3 Å². The maximum atomic E-state index is 13.9. The van der Waals surface area contributed by atoms with Crippen LogP contribution in [0.2, 0.25) is 0 Å². The van der Waals surface area contributed by atoms with Crippen LogP contribution in [0.15, 0.2) is 48.7 Å². The van der Waals surface area contributed by atoms with E-state index in [1.54, 1.807) is 6.07 Å². The molecule has 0 fully saturated rings. The Morgan fingerprint density at radius 2 is 1.81 bits per heavy atom. The van der Waals surface area contributed by atoms with E-state index in [2.05, 4.69) is 4.98 Å². The molecule has 1 aromatic heterocycles. The molecule has 1 N–H and O–H groups in total. The second-order valence-corrected chi connectivity index (χ2v) is 4.99. The summed E-state index contributed by atoms with van der Waals surface area (Å²) in [5, 5.41) is 11.2. The van der Waals surface area contributed by atoms with Gasteiger partial charge < -0.3 is 5.11 Å². The van der Waals surface area contributed by atoms with Crippen LogP contribution in [0.3, 0.4) is 0 Å².